The lowest BCUT2D eigenvalue weighted by Crippen LogP contribution is -2.19. The molecule has 0 fully saturated rings. The number of carbonyl (C=O) groups is 1. The van der Waals surface area contributed by atoms with Crippen LogP contribution < -0.4 is 5.32 Å². The minimum Gasteiger partial charge on any atom is -0.300 e. The van der Waals surface area contributed by atoms with E-state index in [0.717, 1.165) is 16.0 Å². The molecule has 1 amide bonds. The van der Waals surface area contributed by atoms with Gasteiger partial charge in [0.05, 0.1) is 0 Å². The highest BCUT2D eigenvalue weighted by atomic mass is 35.5. The van der Waals surface area contributed by atoms with Crippen molar-refractivity contribution in [1.29, 1.82) is 0 Å². The molecule has 0 atom stereocenters. The fourth-order valence-corrected chi connectivity index (χ4v) is 4.24. The topological polar surface area (TPSA) is 75.6 Å². The van der Waals surface area contributed by atoms with Crippen LogP contribution in [0.1, 0.15) is 10.4 Å². The summed E-state index contributed by atoms with van der Waals surface area (Å²) in [6.45, 7) is 0.00667. The number of anilines is 1. The van der Waals surface area contributed by atoms with E-state index >= 15 is 0 Å². The molecule has 0 radical (unpaired) electrons. The molecular formula is C20H15Cl2N5OS2. The third-order valence-corrected chi connectivity index (χ3v) is 6.13. The van der Waals surface area contributed by atoms with Crippen molar-refractivity contribution in [3.05, 3.63) is 80.0 Å². The van der Waals surface area contributed by atoms with Gasteiger partial charge >= 0.3 is 0 Å². The summed E-state index contributed by atoms with van der Waals surface area (Å²) in [5.74, 6) is 0.312. The number of hydrogen-bond donors (Lipinski definition) is 2. The van der Waals surface area contributed by atoms with E-state index in [2.05, 4.69) is 20.5 Å². The van der Waals surface area contributed by atoms with Crippen LogP contribution in [0.2, 0.25) is 10.0 Å². The molecule has 10 heteroatoms. The molecule has 0 unspecified atom stereocenters. The van der Waals surface area contributed by atoms with Crippen molar-refractivity contribution in [3.63, 3.8) is 0 Å². The standard InChI is InChI=1S/C20H15Cl2N5OS2/c21-14-7-5-12(6-8-14)18-25-26-20(29)27(18)11-17(28)24-19-23-10-15(30-19)9-13-3-1-2-4-16(13)22/h1-8,10H,9,11H2,(H,26,29)(H,23,24,28). The Balaban J connectivity index is 1.45. The van der Waals surface area contributed by atoms with Crippen LogP contribution in [0.3, 0.4) is 0 Å². The number of aromatic amines is 1. The molecule has 0 bridgehead atoms. The van der Waals surface area contributed by atoms with Gasteiger partial charge in [-0.05, 0) is 48.1 Å². The number of H-pyrrole nitrogens is 1. The van der Waals surface area contributed by atoms with E-state index in [9.17, 15) is 4.79 Å². The molecule has 0 spiro atoms. The van der Waals surface area contributed by atoms with Gasteiger partial charge in [0.25, 0.3) is 0 Å². The summed E-state index contributed by atoms with van der Waals surface area (Å²) in [5.41, 5.74) is 1.81. The molecule has 0 saturated heterocycles. The summed E-state index contributed by atoms with van der Waals surface area (Å²) in [6, 6.07) is 14.8. The Hall–Kier alpha value is -2.52. The zero-order valence-electron chi connectivity index (χ0n) is 15.4. The van der Waals surface area contributed by atoms with Gasteiger partial charge < -0.3 is 5.32 Å². The maximum Gasteiger partial charge on any atom is 0.246 e. The van der Waals surface area contributed by atoms with Gasteiger partial charge in [-0.1, -0.05) is 41.4 Å². The first-order valence-corrected chi connectivity index (χ1v) is 10.9. The number of benzene rings is 2. The van der Waals surface area contributed by atoms with Crippen molar-refractivity contribution in [2.75, 3.05) is 5.32 Å². The van der Waals surface area contributed by atoms with Crippen LogP contribution in [-0.4, -0.2) is 25.7 Å². The SMILES string of the molecule is O=C(Cn1c(-c2ccc(Cl)cc2)n[nH]c1=S)Nc1ncc(Cc2ccccc2Cl)s1. The van der Waals surface area contributed by atoms with E-state index in [1.807, 2.05) is 36.4 Å². The van der Waals surface area contributed by atoms with Crippen molar-refractivity contribution < 1.29 is 4.79 Å². The second kappa shape index (κ2) is 9.09. The van der Waals surface area contributed by atoms with Crippen LogP contribution in [0, 0.1) is 4.77 Å². The second-order valence-corrected chi connectivity index (χ2v) is 8.74. The molecule has 2 heterocycles. The number of hydrogen-bond acceptors (Lipinski definition) is 5. The normalized spacial score (nSPS) is 10.9. The summed E-state index contributed by atoms with van der Waals surface area (Å²) in [4.78, 5) is 17.9. The van der Waals surface area contributed by atoms with Crippen LogP contribution in [0.15, 0.2) is 54.7 Å². The van der Waals surface area contributed by atoms with Crippen LogP contribution >= 0.6 is 46.8 Å². The van der Waals surface area contributed by atoms with E-state index in [1.165, 1.54) is 11.3 Å². The molecule has 152 valence electrons. The summed E-state index contributed by atoms with van der Waals surface area (Å²) in [6.07, 6.45) is 2.40. The Bertz CT molecular complexity index is 1250. The average molecular weight is 476 g/mol. The molecule has 2 aromatic carbocycles. The number of thiazole rings is 1. The molecule has 0 aliphatic heterocycles. The fourth-order valence-electron chi connectivity index (χ4n) is 2.86. The largest absolute Gasteiger partial charge is 0.300 e. The summed E-state index contributed by atoms with van der Waals surface area (Å²) in [5, 5.41) is 11.6. The van der Waals surface area contributed by atoms with E-state index in [1.54, 1.807) is 22.9 Å². The molecule has 6 nitrogen and oxygen atoms in total. The monoisotopic (exact) mass is 475 g/mol. The highest BCUT2D eigenvalue weighted by Crippen LogP contribution is 2.25. The van der Waals surface area contributed by atoms with Crippen LogP contribution in [0.4, 0.5) is 5.13 Å². The molecule has 4 aromatic rings. The summed E-state index contributed by atoms with van der Waals surface area (Å²) in [7, 11) is 0. The van der Waals surface area contributed by atoms with Crippen LogP contribution in [0.25, 0.3) is 11.4 Å². The van der Waals surface area contributed by atoms with E-state index in [-0.39, 0.29) is 12.5 Å². The molecule has 2 N–H and O–H groups in total. The van der Waals surface area contributed by atoms with Crippen LogP contribution in [-0.2, 0) is 17.8 Å². The highest BCUT2D eigenvalue weighted by molar-refractivity contribution is 7.71. The molecular weight excluding hydrogens is 461 g/mol. The first-order chi connectivity index (χ1) is 14.5. The van der Waals surface area contributed by atoms with Crippen molar-refractivity contribution in [3.8, 4) is 11.4 Å². The minimum atomic E-state index is -0.249. The van der Waals surface area contributed by atoms with Gasteiger partial charge in [0.1, 0.15) is 6.54 Å². The van der Waals surface area contributed by atoms with E-state index in [0.29, 0.717) is 32.2 Å². The Kier molecular flexibility index (Phi) is 6.29. The first kappa shape index (κ1) is 20.7. The van der Waals surface area contributed by atoms with E-state index < -0.39 is 0 Å². The number of carbonyl (C=O) groups excluding carboxylic acids is 1. The Morgan fingerprint density at radius 3 is 2.70 bits per heavy atom. The minimum absolute atomic E-state index is 0.00667. The van der Waals surface area contributed by atoms with E-state index in [4.69, 9.17) is 35.4 Å². The molecule has 30 heavy (non-hydrogen) atoms. The average Bonchev–Trinajstić information content (AvgIpc) is 3.31. The van der Waals surface area contributed by atoms with Gasteiger partial charge in [-0.25, -0.2) is 4.98 Å². The first-order valence-electron chi connectivity index (χ1n) is 8.88. The van der Waals surface area contributed by atoms with Gasteiger partial charge in [0, 0.05) is 33.1 Å². The van der Waals surface area contributed by atoms with Crippen molar-refractivity contribution >= 4 is 57.8 Å². The quantitative estimate of drug-likeness (QED) is 0.355. The van der Waals surface area contributed by atoms with Crippen molar-refractivity contribution in [2.45, 2.75) is 13.0 Å². The molecule has 0 aliphatic rings. The lowest BCUT2D eigenvalue weighted by atomic mass is 10.1. The Morgan fingerprint density at radius 1 is 1.17 bits per heavy atom. The summed E-state index contributed by atoms with van der Waals surface area (Å²) < 4.78 is 1.99. The predicted molar refractivity (Wildman–Crippen MR) is 123 cm³/mol. The lowest BCUT2D eigenvalue weighted by Gasteiger charge is -2.07. The number of amides is 1. The highest BCUT2D eigenvalue weighted by Gasteiger charge is 2.14. The number of nitrogens with zero attached hydrogens (tertiary/aromatic N) is 3. The smallest absolute Gasteiger partial charge is 0.246 e. The number of aromatic nitrogens is 4. The predicted octanol–water partition coefficient (Wildman–Crippen LogP) is 5.60. The second-order valence-electron chi connectivity index (χ2n) is 6.39. The van der Waals surface area contributed by atoms with Crippen molar-refractivity contribution in [2.24, 2.45) is 0 Å². The van der Waals surface area contributed by atoms with Gasteiger partial charge in [-0.3, -0.25) is 14.5 Å². The van der Waals surface area contributed by atoms with Gasteiger partial charge in [0.2, 0.25) is 5.91 Å². The number of halogens is 2. The van der Waals surface area contributed by atoms with Gasteiger partial charge in [0.15, 0.2) is 15.7 Å². The number of nitrogens with one attached hydrogen (secondary N) is 2. The zero-order chi connectivity index (χ0) is 21.1. The fraction of sp³-hybridized carbons (Fsp3) is 0.100. The van der Waals surface area contributed by atoms with Crippen LogP contribution in [0.5, 0.6) is 0 Å². The third kappa shape index (κ3) is 4.79. The number of rotatable bonds is 6. The molecule has 2 aromatic heterocycles. The maximum absolute atomic E-state index is 12.6. The Morgan fingerprint density at radius 2 is 1.93 bits per heavy atom. The summed E-state index contributed by atoms with van der Waals surface area (Å²) >= 11 is 18.9. The Labute approximate surface area is 191 Å². The zero-order valence-corrected chi connectivity index (χ0v) is 18.6. The van der Waals surface area contributed by atoms with Gasteiger partial charge in [-0.2, -0.15) is 5.10 Å². The maximum atomic E-state index is 12.6. The lowest BCUT2D eigenvalue weighted by molar-refractivity contribution is -0.116. The van der Waals surface area contributed by atoms with Gasteiger partial charge in [-0.15, -0.1) is 11.3 Å². The molecule has 0 aliphatic carbocycles. The molecule has 0 saturated carbocycles. The third-order valence-electron chi connectivity index (χ3n) is 4.28. The molecule has 4 rings (SSSR count). The van der Waals surface area contributed by atoms with Crippen molar-refractivity contribution in [1.82, 2.24) is 19.7 Å².